The standard InChI is InChI=1S/C24H29N5O2.HI/c1-4-12-26-22(30)20-7-5-6-18(13-20)14-27-24(25-3)28-15-21-16-31-23(29-21)19-10-8-17(2)9-11-19;/h5-11,13,16H,4,12,14-15H2,1-3H3,(H,26,30)(H2,25,27,28);1H. The average Bonchev–Trinajstić information content (AvgIpc) is 3.27. The second-order valence-corrected chi connectivity index (χ2v) is 7.25. The summed E-state index contributed by atoms with van der Waals surface area (Å²) in [5, 5.41) is 9.39. The zero-order valence-corrected chi connectivity index (χ0v) is 21.0. The van der Waals surface area contributed by atoms with Gasteiger partial charge in [0.1, 0.15) is 6.26 Å². The van der Waals surface area contributed by atoms with Gasteiger partial charge in [-0.25, -0.2) is 4.98 Å². The van der Waals surface area contributed by atoms with Crippen molar-refractivity contribution in [3.8, 4) is 11.5 Å². The van der Waals surface area contributed by atoms with Crippen molar-refractivity contribution < 1.29 is 9.21 Å². The van der Waals surface area contributed by atoms with Crippen molar-refractivity contribution in [2.75, 3.05) is 13.6 Å². The predicted octanol–water partition coefficient (Wildman–Crippen LogP) is 4.27. The number of carbonyl (C=O) groups excluding carboxylic acids is 1. The van der Waals surface area contributed by atoms with E-state index in [1.54, 1.807) is 13.3 Å². The van der Waals surface area contributed by atoms with E-state index in [4.69, 9.17) is 4.42 Å². The van der Waals surface area contributed by atoms with Gasteiger partial charge in [-0.05, 0) is 43.2 Å². The fraction of sp³-hybridized carbons (Fsp3) is 0.292. The predicted molar refractivity (Wildman–Crippen MR) is 138 cm³/mol. The molecule has 0 unspecified atom stereocenters. The van der Waals surface area contributed by atoms with Crippen molar-refractivity contribution in [2.45, 2.75) is 33.4 Å². The summed E-state index contributed by atoms with van der Waals surface area (Å²) < 4.78 is 5.60. The maximum Gasteiger partial charge on any atom is 0.251 e. The van der Waals surface area contributed by atoms with E-state index in [1.165, 1.54) is 5.56 Å². The van der Waals surface area contributed by atoms with Crippen LogP contribution < -0.4 is 16.0 Å². The van der Waals surface area contributed by atoms with Crippen LogP contribution in [0, 0.1) is 6.92 Å². The third-order valence-corrected chi connectivity index (χ3v) is 4.70. The first kappa shape index (κ1) is 25.4. The molecule has 1 heterocycles. The van der Waals surface area contributed by atoms with Gasteiger partial charge in [-0.3, -0.25) is 9.79 Å². The van der Waals surface area contributed by atoms with E-state index in [0.29, 0.717) is 37.0 Å². The number of oxazole rings is 1. The van der Waals surface area contributed by atoms with Crippen LogP contribution in [0.25, 0.3) is 11.5 Å². The van der Waals surface area contributed by atoms with Gasteiger partial charge in [-0.15, -0.1) is 24.0 Å². The zero-order valence-electron chi connectivity index (χ0n) is 18.6. The van der Waals surface area contributed by atoms with Gasteiger partial charge in [0.2, 0.25) is 5.89 Å². The van der Waals surface area contributed by atoms with Gasteiger partial charge in [-0.2, -0.15) is 0 Å². The molecule has 0 aliphatic rings. The zero-order chi connectivity index (χ0) is 22.1. The first-order chi connectivity index (χ1) is 15.1. The number of aromatic nitrogens is 1. The van der Waals surface area contributed by atoms with Crippen molar-refractivity contribution in [1.82, 2.24) is 20.9 Å². The molecule has 8 heteroatoms. The van der Waals surface area contributed by atoms with Gasteiger partial charge in [0.15, 0.2) is 5.96 Å². The fourth-order valence-corrected chi connectivity index (χ4v) is 2.96. The largest absolute Gasteiger partial charge is 0.444 e. The molecular formula is C24H30IN5O2. The molecule has 0 atom stereocenters. The summed E-state index contributed by atoms with van der Waals surface area (Å²) >= 11 is 0. The Bertz CT molecular complexity index is 1030. The Morgan fingerprint density at radius 3 is 2.53 bits per heavy atom. The number of nitrogens with one attached hydrogen (secondary N) is 3. The lowest BCUT2D eigenvalue weighted by molar-refractivity contribution is 0.0953. The summed E-state index contributed by atoms with van der Waals surface area (Å²) in [7, 11) is 1.71. The first-order valence-corrected chi connectivity index (χ1v) is 10.4. The van der Waals surface area contributed by atoms with Crippen LogP contribution in [0.2, 0.25) is 0 Å². The quantitative estimate of drug-likeness (QED) is 0.223. The van der Waals surface area contributed by atoms with Crippen LogP contribution >= 0.6 is 24.0 Å². The molecule has 170 valence electrons. The summed E-state index contributed by atoms with van der Waals surface area (Å²) in [6, 6.07) is 15.6. The third kappa shape index (κ3) is 7.37. The molecule has 0 radical (unpaired) electrons. The van der Waals surface area contributed by atoms with E-state index in [9.17, 15) is 4.79 Å². The number of guanidine groups is 1. The second kappa shape index (κ2) is 12.8. The van der Waals surface area contributed by atoms with Crippen molar-refractivity contribution in [3.63, 3.8) is 0 Å². The second-order valence-electron chi connectivity index (χ2n) is 7.25. The highest BCUT2D eigenvalue weighted by Crippen LogP contribution is 2.19. The SMILES string of the molecule is CCCNC(=O)c1cccc(CNC(=NC)NCc2coc(-c3ccc(C)cc3)n2)c1.I. The molecule has 0 bridgehead atoms. The van der Waals surface area contributed by atoms with Crippen LogP contribution in [0.1, 0.15) is 40.5 Å². The van der Waals surface area contributed by atoms with E-state index in [2.05, 4.69) is 25.9 Å². The van der Waals surface area contributed by atoms with E-state index in [1.807, 2.05) is 62.4 Å². The van der Waals surface area contributed by atoms with Crippen LogP contribution in [-0.4, -0.2) is 30.4 Å². The molecule has 0 aliphatic heterocycles. The Hall–Kier alpha value is -2.88. The molecule has 2 aromatic carbocycles. The number of carbonyl (C=O) groups is 1. The molecule has 7 nitrogen and oxygen atoms in total. The van der Waals surface area contributed by atoms with Crippen LogP contribution in [-0.2, 0) is 13.1 Å². The third-order valence-electron chi connectivity index (χ3n) is 4.70. The molecule has 3 aromatic rings. The van der Waals surface area contributed by atoms with Crippen LogP contribution in [0.15, 0.2) is 64.2 Å². The lowest BCUT2D eigenvalue weighted by atomic mass is 10.1. The van der Waals surface area contributed by atoms with E-state index >= 15 is 0 Å². The number of aliphatic imine (C=N–C) groups is 1. The Balaban J connectivity index is 0.00000363. The fourth-order valence-electron chi connectivity index (χ4n) is 2.96. The topological polar surface area (TPSA) is 91.5 Å². The highest BCUT2D eigenvalue weighted by Gasteiger charge is 2.08. The molecule has 1 amide bonds. The number of hydrogen-bond acceptors (Lipinski definition) is 4. The minimum Gasteiger partial charge on any atom is -0.444 e. The number of aryl methyl sites for hydroxylation is 1. The maximum atomic E-state index is 12.1. The minimum atomic E-state index is -0.0541. The number of rotatable bonds is 8. The maximum absolute atomic E-state index is 12.1. The summed E-state index contributed by atoms with van der Waals surface area (Å²) in [6.07, 6.45) is 2.56. The number of nitrogens with zero attached hydrogens (tertiary/aromatic N) is 2. The molecular weight excluding hydrogens is 517 g/mol. The molecule has 3 N–H and O–H groups in total. The molecule has 0 aliphatic carbocycles. The summed E-state index contributed by atoms with van der Waals surface area (Å²) in [4.78, 5) is 20.9. The summed E-state index contributed by atoms with van der Waals surface area (Å²) in [5.74, 6) is 1.18. The van der Waals surface area contributed by atoms with Crippen molar-refractivity contribution >= 4 is 35.8 Å². The van der Waals surface area contributed by atoms with Crippen molar-refractivity contribution in [2.24, 2.45) is 4.99 Å². The molecule has 0 fully saturated rings. The Morgan fingerprint density at radius 2 is 1.81 bits per heavy atom. The lowest BCUT2D eigenvalue weighted by Crippen LogP contribution is -2.36. The minimum absolute atomic E-state index is 0. The Kier molecular flexibility index (Phi) is 10.2. The highest BCUT2D eigenvalue weighted by molar-refractivity contribution is 14.0. The van der Waals surface area contributed by atoms with Crippen LogP contribution in [0.3, 0.4) is 0 Å². The Labute approximate surface area is 206 Å². The Morgan fingerprint density at radius 1 is 1.06 bits per heavy atom. The molecule has 1 aromatic heterocycles. The van der Waals surface area contributed by atoms with E-state index in [0.717, 1.165) is 23.2 Å². The number of hydrogen-bond donors (Lipinski definition) is 3. The van der Waals surface area contributed by atoms with Gasteiger partial charge in [0, 0.05) is 31.3 Å². The van der Waals surface area contributed by atoms with Crippen molar-refractivity contribution in [1.29, 1.82) is 0 Å². The molecule has 0 spiro atoms. The van der Waals surface area contributed by atoms with Gasteiger partial charge in [0.25, 0.3) is 5.91 Å². The lowest BCUT2D eigenvalue weighted by Gasteiger charge is -2.11. The summed E-state index contributed by atoms with van der Waals surface area (Å²) in [6.45, 7) is 5.77. The van der Waals surface area contributed by atoms with E-state index in [-0.39, 0.29) is 29.9 Å². The monoisotopic (exact) mass is 547 g/mol. The highest BCUT2D eigenvalue weighted by atomic mass is 127. The molecule has 32 heavy (non-hydrogen) atoms. The van der Waals surface area contributed by atoms with E-state index < -0.39 is 0 Å². The molecule has 0 saturated heterocycles. The average molecular weight is 547 g/mol. The molecule has 3 rings (SSSR count). The normalized spacial score (nSPS) is 10.9. The number of amides is 1. The molecule has 0 saturated carbocycles. The summed E-state index contributed by atoms with van der Waals surface area (Å²) in [5.41, 5.74) is 4.58. The van der Waals surface area contributed by atoms with Crippen molar-refractivity contribution in [3.05, 3.63) is 77.2 Å². The van der Waals surface area contributed by atoms with Gasteiger partial charge >= 0.3 is 0 Å². The number of benzene rings is 2. The van der Waals surface area contributed by atoms with Crippen LogP contribution in [0.5, 0.6) is 0 Å². The van der Waals surface area contributed by atoms with Crippen LogP contribution in [0.4, 0.5) is 0 Å². The first-order valence-electron chi connectivity index (χ1n) is 10.4. The van der Waals surface area contributed by atoms with Gasteiger partial charge in [-0.1, -0.05) is 36.8 Å². The smallest absolute Gasteiger partial charge is 0.251 e. The van der Waals surface area contributed by atoms with Gasteiger partial charge < -0.3 is 20.4 Å². The van der Waals surface area contributed by atoms with Gasteiger partial charge in [0.05, 0.1) is 12.2 Å². The number of halogens is 1.